The first-order chi connectivity index (χ1) is 14.8. The van der Waals surface area contributed by atoms with Crippen molar-refractivity contribution in [1.29, 1.82) is 0 Å². The van der Waals surface area contributed by atoms with Crippen LogP contribution in [0.3, 0.4) is 0 Å². The van der Waals surface area contributed by atoms with Crippen LogP contribution in [0.4, 0.5) is 0 Å². The van der Waals surface area contributed by atoms with E-state index in [1.807, 2.05) is 72.8 Å². The van der Waals surface area contributed by atoms with E-state index in [0.29, 0.717) is 25.0 Å². The standard InChI is InChI=1S/C24H20N2O4/c1-5-19(6-2-17(1)23-25-13-15-27-23)29-21-9-11-22(12-10-21)30-20-7-3-18(4-8-20)24-26-14-16-28-24/h1-12H,13-16H2. The SMILES string of the molecule is c1cc(Oc2ccc(C3=NCCO3)cc2)ccc1Oc1ccc(C2=NCCO2)cc1. The normalized spacial score (nSPS) is 15.1. The van der Waals surface area contributed by atoms with Gasteiger partial charge in [-0.1, -0.05) is 0 Å². The Kier molecular flexibility index (Phi) is 5.04. The molecule has 0 saturated carbocycles. The van der Waals surface area contributed by atoms with Crippen LogP contribution in [0.2, 0.25) is 0 Å². The highest BCUT2D eigenvalue weighted by Crippen LogP contribution is 2.27. The molecule has 2 aliphatic heterocycles. The van der Waals surface area contributed by atoms with Crippen molar-refractivity contribution >= 4 is 11.8 Å². The number of ether oxygens (including phenoxy) is 4. The summed E-state index contributed by atoms with van der Waals surface area (Å²) >= 11 is 0. The molecule has 0 unspecified atom stereocenters. The minimum absolute atomic E-state index is 0.649. The lowest BCUT2D eigenvalue weighted by atomic mass is 10.2. The molecular weight excluding hydrogens is 380 g/mol. The molecule has 6 heteroatoms. The first kappa shape index (κ1) is 18.2. The van der Waals surface area contributed by atoms with Crippen molar-refractivity contribution in [3.05, 3.63) is 83.9 Å². The number of hydrogen-bond donors (Lipinski definition) is 0. The third kappa shape index (κ3) is 4.12. The smallest absolute Gasteiger partial charge is 0.216 e. The van der Waals surface area contributed by atoms with E-state index in [1.54, 1.807) is 0 Å². The van der Waals surface area contributed by atoms with Crippen molar-refractivity contribution in [3.8, 4) is 23.0 Å². The van der Waals surface area contributed by atoms with Crippen LogP contribution in [-0.4, -0.2) is 38.1 Å². The number of hydrogen-bond acceptors (Lipinski definition) is 6. The Morgan fingerprint density at radius 2 is 0.833 bits per heavy atom. The average molecular weight is 400 g/mol. The number of aliphatic imine (C=N–C) groups is 2. The maximum atomic E-state index is 5.91. The van der Waals surface area contributed by atoms with Gasteiger partial charge in [0.15, 0.2) is 0 Å². The maximum Gasteiger partial charge on any atom is 0.216 e. The summed E-state index contributed by atoms with van der Waals surface area (Å²) in [5.74, 6) is 4.35. The minimum atomic E-state index is 0.649. The van der Waals surface area contributed by atoms with Gasteiger partial charge in [0.05, 0.1) is 13.1 Å². The van der Waals surface area contributed by atoms with Gasteiger partial charge in [0, 0.05) is 11.1 Å². The van der Waals surface area contributed by atoms with Gasteiger partial charge >= 0.3 is 0 Å². The van der Waals surface area contributed by atoms with Gasteiger partial charge in [0.2, 0.25) is 11.8 Å². The quantitative estimate of drug-likeness (QED) is 0.595. The van der Waals surface area contributed by atoms with Crippen LogP contribution in [0.15, 0.2) is 82.8 Å². The lowest BCUT2D eigenvalue weighted by molar-refractivity contribution is 0.348. The average Bonchev–Trinajstić information content (AvgIpc) is 3.51. The summed E-state index contributed by atoms with van der Waals surface area (Å²) in [7, 11) is 0. The fraction of sp³-hybridized carbons (Fsp3) is 0.167. The van der Waals surface area contributed by atoms with Crippen LogP contribution in [0, 0.1) is 0 Å². The summed E-state index contributed by atoms with van der Waals surface area (Å²) in [6, 6.07) is 22.9. The van der Waals surface area contributed by atoms with E-state index in [-0.39, 0.29) is 0 Å². The van der Waals surface area contributed by atoms with E-state index in [4.69, 9.17) is 18.9 Å². The third-order valence-electron chi connectivity index (χ3n) is 4.67. The number of benzene rings is 3. The fourth-order valence-corrected chi connectivity index (χ4v) is 3.20. The molecule has 0 saturated heterocycles. The van der Waals surface area contributed by atoms with Gasteiger partial charge in [-0.15, -0.1) is 0 Å². The lowest BCUT2D eigenvalue weighted by Crippen LogP contribution is -2.00. The van der Waals surface area contributed by atoms with Crippen molar-refractivity contribution in [2.24, 2.45) is 9.98 Å². The van der Waals surface area contributed by atoms with E-state index in [2.05, 4.69) is 9.98 Å². The number of rotatable bonds is 6. The second-order valence-electron chi connectivity index (χ2n) is 6.79. The zero-order chi connectivity index (χ0) is 20.2. The molecule has 5 rings (SSSR count). The lowest BCUT2D eigenvalue weighted by Gasteiger charge is -2.09. The molecule has 0 atom stereocenters. The molecular formula is C24H20N2O4. The fourth-order valence-electron chi connectivity index (χ4n) is 3.20. The highest BCUT2D eigenvalue weighted by molar-refractivity contribution is 5.95. The van der Waals surface area contributed by atoms with Crippen LogP contribution in [0.1, 0.15) is 11.1 Å². The van der Waals surface area contributed by atoms with Gasteiger partial charge < -0.3 is 18.9 Å². The van der Waals surface area contributed by atoms with Gasteiger partial charge in [-0.3, -0.25) is 0 Å². The van der Waals surface area contributed by atoms with Gasteiger partial charge in [-0.25, -0.2) is 9.98 Å². The Bertz CT molecular complexity index is 983. The molecule has 30 heavy (non-hydrogen) atoms. The van der Waals surface area contributed by atoms with Crippen molar-refractivity contribution in [3.63, 3.8) is 0 Å². The minimum Gasteiger partial charge on any atom is -0.476 e. The predicted octanol–water partition coefficient (Wildman–Crippen LogP) is 4.82. The molecule has 0 radical (unpaired) electrons. The van der Waals surface area contributed by atoms with Crippen LogP contribution >= 0.6 is 0 Å². The molecule has 3 aromatic rings. The Labute approximate surface area is 174 Å². The molecule has 0 N–H and O–H groups in total. The first-order valence-corrected chi connectivity index (χ1v) is 9.85. The van der Waals surface area contributed by atoms with Crippen LogP contribution in [0.25, 0.3) is 0 Å². The van der Waals surface area contributed by atoms with E-state index in [9.17, 15) is 0 Å². The Balaban J connectivity index is 1.20. The molecule has 0 aliphatic carbocycles. The molecule has 0 aromatic heterocycles. The monoisotopic (exact) mass is 400 g/mol. The third-order valence-corrected chi connectivity index (χ3v) is 4.67. The van der Waals surface area contributed by atoms with Crippen molar-refractivity contribution in [2.75, 3.05) is 26.3 Å². The van der Waals surface area contributed by atoms with E-state index in [0.717, 1.165) is 47.2 Å². The summed E-state index contributed by atoms with van der Waals surface area (Å²) in [6.07, 6.45) is 0. The highest BCUT2D eigenvalue weighted by Gasteiger charge is 2.11. The first-order valence-electron chi connectivity index (χ1n) is 9.85. The summed E-state index contributed by atoms with van der Waals surface area (Å²) in [5.41, 5.74) is 1.92. The van der Waals surface area contributed by atoms with Crippen LogP contribution < -0.4 is 9.47 Å². The summed E-state index contributed by atoms with van der Waals surface area (Å²) in [5, 5.41) is 0. The van der Waals surface area contributed by atoms with E-state index >= 15 is 0 Å². The van der Waals surface area contributed by atoms with Gasteiger partial charge in [0.25, 0.3) is 0 Å². The molecule has 0 fully saturated rings. The molecule has 2 heterocycles. The largest absolute Gasteiger partial charge is 0.476 e. The Hall–Kier alpha value is -3.80. The highest BCUT2D eigenvalue weighted by atomic mass is 16.5. The maximum absolute atomic E-state index is 5.91. The molecule has 0 bridgehead atoms. The zero-order valence-electron chi connectivity index (χ0n) is 16.3. The second-order valence-corrected chi connectivity index (χ2v) is 6.79. The second kappa shape index (κ2) is 8.29. The predicted molar refractivity (Wildman–Crippen MR) is 114 cm³/mol. The summed E-state index contributed by atoms with van der Waals surface area (Å²) in [6.45, 7) is 2.73. The van der Waals surface area contributed by atoms with Crippen LogP contribution in [0.5, 0.6) is 23.0 Å². The van der Waals surface area contributed by atoms with Gasteiger partial charge in [-0.2, -0.15) is 0 Å². The Morgan fingerprint density at radius 1 is 0.500 bits per heavy atom. The van der Waals surface area contributed by atoms with E-state index in [1.165, 1.54) is 0 Å². The topological polar surface area (TPSA) is 61.6 Å². The van der Waals surface area contributed by atoms with Crippen molar-refractivity contribution in [2.45, 2.75) is 0 Å². The van der Waals surface area contributed by atoms with Crippen molar-refractivity contribution in [1.82, 2.24) is 0 Å². The zero-order valence-corrected chi connectivity index (χ0v) is 16.3. The molecule has 150 valence electrons. The number of nitrogens with zero attached hydrogens (tertiary/aromatic N) is 2. The molecule has 0 amide bonds. The van der Waals surface area contributed by atoms with Gasteiger partial charge in [0.1, 0.15) is 36.2 Å². The molecule has 0 spiro atoms. The molecule has 3 aromatic carbocycles. The van der Waals surface area contributed by atoms with E-state index < -0.39 is 0 Å². The summed E-state index contributed by atoms with van der Waals surface area (Å²) in [4.78, 5) is 8.63. The van der Waals surface area contributed by atoms with Crippen LogP contribution in [-0.2, 0) is 9.47 Å². The summed E-state index contributed by atoms with van der Waals surface area (Å²) < 4.78 is 22.8. The van der Waals surface area contributed by atoms with Crippen molar-refractivity contribution < 1.29 is 18.9 Å². The Morgan fingerprint density at radius 3 is 1.13 bits per heavy atom. The molecule has 2 aliphatic rings. The molecule has 6 nitrogen and oxygen atoms in total. The van der Waals surface area contributed by atoms with Gasteiger partial charge in [-0.05, 0) is 72.8 Å².